The van der Waals surface area contributed by atoms with E-state index in [1.807, 2.05) is 0 Å². The molecule has 0 radical (unpaired) electrons. The lowest BCUT2D eigenvalue weighted by Gasteiger charge is -2.11. The molecule has 0 atom stereocenters. The molecule has 0 saturated carbocycles. The molecule has 0 fully saturated rings. The van der Waals surface area contributed by atoms with Crippen molar-refractivity contribution in [2.45, 2.75) is 12.8 Å². The molecule has 1 aromatic carbocycles. The minimum absolute atomic E-state index is 0.296. The van der Waals surface area contributed by atoms with Crippen molar-refractivity contribution in [2.75, 3.05) is 38.2 Å². The summed E-state index contributed by atoms with van der Waals surface area (Å²) < 4.78 is 12.8. The molecule has 1 rings (SSSR count). The van der Waals surface area contributed by atoms with E-state index in [1.54, 1.807) is 6.07 Å². The Hall–Kier alpha value is -1.29. The standard InChI is InChI=1S/C12H20FN3/c1-16(2)8-4-3-7-15-12-6-5-10(13)9-11(12)14/h5-6,9,15H,3-4,7-8,14H2,1-2H3. The predicted molar refractivity (Wildman–Crippen MR) is 67.1 cm³/mol. The first-order valence-corrected chi connectivity index (χ1v) is 5.53. The van der Waals surface area contributed by atoms with Gasteiger partial charge in [0.1, 0.15) is 5.82 Å². The molecule has 0 unspecified atom stereocenters. The Balaban J connectivity index is 2.27. The number of halogens is 1. The molecule has 0 saturated heterocycles. The summed E-state index contributed by atoms with van der Waals surface area (Å²) in [6.07, 6.45) is 2.22. The Bertz CT molecular complexity index is 326. The van der Waals surface area contributed by atoms with Gasteiger partial charge < -0.3 is 16.0 Å². The molecule has 4 heteroatoms. The molecular formula is C12H20FN3. The predicted octanol–water partition coefficient (Wildman–Crippen LogP) is 2.16. The Kier molecular flexibility index (Phi) is 5.05. The third-order valence-corrected chi connectivity index (χ3v) is 2.36. The fraction of sp³-hybridized carbons (Fsp3) is 0.500. The molecule has 1 aromatic rings. The number of unbranched alkanes of at least 4 members (excludes halogenated alkanes) is 1. The maximum absolute atomic E-state index is 12.8. The average Bonchev–Trinajstić information content (AvgIpc) is 2.20. The summed E-state index contributed by atoms with van der Waals surface area (Å²) in [4.78, 5) is 2.16. The monoisotopic (exact) mass is 225 g/mol. The lowest BCUT2D eigenvalue weighted by Crippen LogP contribution is -2.14. The SMILES string of the molecule is CN(C)CCCCNc1ccc(F)cc1N. The fourth-order valence-electron chi connectivity index (χ4n) is 1.47. The zero-order valence-corrected chi connectivity index (χ0v) is 9.96. The van der Waals surface area contributed by atoms with E-state index in [4.69, 9.17) is 5.73 Å². The van der Waals surface area contributed by atoms with Crippen molar-refractivity contribution in [3.8, 4) is 0 Å². The molecule has 0 heterocycles. The summed E-state index contributed by atoms with van der Waals surface area (Å²) in [5.74, 6) is -0.296. The normalized spacial score (nSPS) is 10.8. The topological polar surface area (TPSA) is 41.3 Å². The van der Waals surface area contributed by atoms with E-state index in [2.05, 4.69) is 24.3 Å². The van der Waals surface area contributed by atoms with Crippen LogP contribution in [-0.2, 0) is 0 Å². The molecule has 90 valence electrons. The molecule has 0 bridgehead atoms. The van der Waals surface area contributed by atoms with Crippen molar-refractivity contribution in [3.05, 3.63) is 24.0 Å². The molecule has 3 N–H and O–H groups in total. The van der Waals surface area contributed by atoms with E-state index in [0.29, 0.717) is 5.69 Å². The van der Waals surface area contributed by atoms with Gasteiger partial charge in [-0.05, 0) is 51.7 Å². The number of anilines is 2. The van der Waals surface area contributed by atoms with Crippen LogP contribution in [0.25, 0.3) is 0 Å². The summed E-state index contributed by atoms with van der Waals surface area (Å²) >= 11 is 0. The molecule has 0 aliphatic carbocycles. The van der Waals surface area contributed by atoms with Gasteiger partial charge in [0.2, 0.25) is 0 Å². The summed E-state index contributed by atoms with van der Waals surface area (Å²) in [5, 5.41) is 3.20. The largest absolute Gasteiger partial charge is 0.397 e. The highest BCUT2D eigenvalue weighted by atomic mass is 19.1. The minimum Gasteiger partial charge on any atom is -0.397 e. The number of hydrogen-bond donors (Lipinski definition) is 2. The molecule has 16 heavy (non-hydrogen) atoms. The first-order chi connectivity index (χ1) is 7.59. The third kappa shape index (κ3) is 4.49. The van der Waals surface area contributed by atoms with Crippen LogP contribution in [0.15, 0.2) is 18.2 Å². The Morgan fingerprint density at radius 3 is 2.69 bits per heavy atom. The van der Waals surface area contributed by atoms with Crippen molar-refractivity contribution >= 4 is 11.4 Å². The van der Waals surface area contributed by atoms with E-state index in [0.717, 1.165) is 31.6 Å². The van der Waals surface area contributed by atoms with Crippen LogP contribution in [0, 0.1) is 5.82 Å². The lowest BCUT2D eigenvalue weighted by atomic mass is 10.2. The first-order valence-electron chi connectivity index (χ1n) is 5.53. The zero-order valence-electron chi connectivity index (χ0n) is 9.96. The van der Waals surface area contributed by atoms with E-state index in [1.165, 1.54) is 12.1 Å². The first kappa shape index (κ1) is 12.8. The van der Waals surface area contributed by atoms with Crippen LogP contribution in [0.5, 0.6) is 0 Å². The maximum atomic E-state index is 12.8. The van der Waals surface area contributed by atoms with Crippen molar-refractivity contribution < 1.29 is 4.39 Å². The summed E-state index contributed by atoms with van der Waals surface area (Å²) in [6.45, 7) is 1.95. The van der Waals surface area contributed by atoms with Gasteiger partial charge >= 0.3 is 0 Å². The minimum atomic E-state index is -0.296. The Morgan fingerprint density at radius 1 is 1.31 bits per heavy atom. The van der Waals surface area contributed by atoms with Crippen molar-refractivity contribution in [1.29, 1.82) is 0 Å². The van der Waals surface area contributed by atoms with Crippen molar-refractivity contribution in [2.24, 2.45) is 0 Å². The summed E-state index contributed by atoms with van der Waals surface area (Å²) in [5.41, 5.74) is 6.95. The van der Waals surface area contributed by atoms with Gasteiger partial charge in [0.15, 0.2) is 0 Å². The van der Waals surface area contributed by atoms with Crippen molar-refractivity contribution in [1.82, 2.24) is 4.90 Å². The zero-order chi connectivity index (χ0) is 12.0. The van der Waals surface area contributed by atoms with Crippen LogP contribution < -0.4 is 11.1 Å². The summed E-state index contributed by atoms with van der Waals surface area (Å²) in [7, 11) is 4.12. The molecule has 0 spiro atoms. The smallest absolute Gasteiger partial charge is 0.125 e. The number of hydrogen-bond acceptors (Lipinski definition) is 3. The second kappa shape index (κ2) is 6.33. The number of nitrogens with one attached hydrogen (secondary N) is 1. The van der Waals surface area contributed by atoms with Crippen LogP contribution in [0.4, 0.5) is 15.8 Å². The number of nitrogen functional groups attached to an aromatic ring is 1. The van der Waals surface area contributed by atoms with Gasteiger partial charge in [0, 0.05) is 6.54 Å². The molecule has 0 aliphatic rings. The Labute approximate surface area is 96.4 Å². The molecular weight excluding hydrogens is 205 g/mol. The van der Waals surface area contributed by atoms with Gasteiger partial charge in [-0.25, -0.2) is 4.39 Å². The molecule has 0 amide bonds. The number of nitrogens with zero attached hydrogens (tertiary/aromatic N) is 1. The van der Waals surface area contributed by atoms with Crippen LogP contribution in [-0.4, -0.2) is 32.1 Å². The van der Waals surface area contributed by atoms with Gasteiger partial charge in [-0.1, -0.05) is 0 Å². The second-order valence-corrected chi connectivity index (χ2v) is 4.17. The summed E-state index contributed by atoms with van der Waals surface area (Å²) in [6, 6.07) is 4.43. The van der Waals surface area contributed by atoms with Crippen LogP contribution >= 0.6 is 0 Å². The van der Waals surface area contributed by atoms with E-state index in [-0.39, 0.29) is 5.82 Å². The highest BCUT2D eigenvalue weighted by Crippen LogP contribution is 2.18. The fourth-order valence-corrected chi connectivity index (χ4v) is 1.47. The highest BCUT2D eigenvalue weighted by molar-refractivity contribution is 5.65. The van der Waals surface area contributed by atoms with E-state index >= 15 is 0 Å². The average molecular weight is 225 g/mol. The van der Waals surface area contributed by atoms with E-state index in [9.17, 15) is 4.39 Å². The molecule has 3 nitrogen and oxygen atoms in total. The van der Waals surface area contributed by atoms with Gasteiger partial charge in [0.25, 0.3) is 0 Å². The van der Waals surface area contributed by atoms with Crippen LogP contribution in [0.3, 0.4) is 0 Å². The van der Waals surface area contributed by atoms with Gasteiger partial charge in [0.05, 0.1) is 11.4 Å². The van der Waals surface area contributed by atoms with Gasteiger partial charge in [-0.3, -0.25) is 0 Å². The van der Waals surface area contributed by atoms with Gasteiger partial charge in [-0.2, -0.15) is 0 Å². The van der Waals surface area contributed by atoms with Crippen molar-refractivity contribution in [3.63, 3.8) is 0 Å². The van der Waals surface area contributed by atoms with Gasteiger partial charge in [-0.15, -0.1) is 0 Å². The number of benzene rings is 1. The quantitative estimate of drug-likeness (QED) is 0.576. The Morgan fingerprint density at radius 2 is 2.06 bits per heavy atom. The second-order valence-electron chi connectivity index (χ2n) is 4.17. The molecule has 0 aromatic heterocycles. The van der Waals surface area contributed by atoms with Crippen LogP contribution in [0.1, 0.15) is 12.8 Å². The van der Waals surface area contributed by atoms with Crippen LogP contribution in [0.2, 0.25) is 0 Å². The third-order valence-electron chi connectivity index (χ3n) is 2.36. The number of rotatable bonds is 6. The molecule has 0 aliphatic heterocycles. The lowest BCUT2D eigenvalue weighted by molar-refractivity contribution is 0.396. The highest BCUT2D eigenvalue weighted by Gasteiger charge is 1.99. The van der Waals surface area contributed by atoms with E-state index < -0.39 is 0 Å². The maximum Gasteiger partial charge on any atom is 0.125 e. The number of nitrogens with two attached hydrogens (primary N) is 1.